The predicted molar refractivity (Wildman–Crippen MR) is 126 cm³/mol. The van der Waals surface area contributed by atoms with E-state index in [-0.39, 0.29) is 12.5 Å². The number of likely N-dealkylation sites (N-methyl/N-ethyl adjacent to an activating group) is 1. The minimum atomic E-state index is -0.993. The predicted octanol–water partition coefficient (Wildman–Crippen LogP) is 5.70. The van der Waals surface area contributed by atoms with Gasteiger partial charge in [-0.1, -0.05) is 78.0 Å². The second kappa shape index (κ2) is 10.3. The van der Waals surface area contributed by atoms with Gasteiger partial charge in [-0.15, -0.1) is 0 Å². The van der Waals surface area contributed by atoms with E-state index in [1.165, 1.54) is 11.9 Å². The molecule has 1 N–H and O–H groups in total. The van der Waals surface area contributed by atoms with Crippen LogP contribution in [0.2, 0.25) is 0 Å². The molecule has 30 heavy (non-hydrogen) atoms. The Bertz CT molecular complexity index is 855. The summed E-state index contributed by atoms with van der Waals surface area (Å²) in [6, 6.07) is 15.4. The van der Waals surface area contributed by atoms with Gasteiger partial charge in [0.25, 0.3) is 0 Å². The molecule has 0 saturated carbocycles. The van der Waals surface area contributed by atoms with Gasteiger partial charge in [0.1, 0.15) is 12.6 Å². The summed E-state index contributed by atoms with van der Waals surface area (Å²) in [5.74, 6) is -1.03. The fourth-order valence-electron chi connectivity index (χ4n) is 4.04. The Hall–Kier alpha value is -2.09. The molecule has 0 aliphatic heterocycles. The van der Waals surface area contributed by atoms with Gasteiger partial charge in [0, 0.05) is 16.9 Å². The van der Waals surface area contributed by atoms with Crippen LogP contribution in [0.25, 0.3) is 11.1 Å². The van der Waals surface area contributed by atoms with Gasteiger partial charge in [0.15, 0.2) is 0 Å². The summed E-state index contributed by atoms with van der Waals surface area (Å²) in [5, 5.41) is 9.60. The average Bonchev–Trinajstić information content (AvgIpc) is 3.08. The molecule has 1 amide bonds. The normalized spacial score (nSPS) is 14.5. The molecule has 0 saturated heterocycles. The first-order valence-electron chi connectivity index (χ1n) is 10.4. The number of aliphatic carboxylic acids is 1. The van der Waals surface area contributed by atoms with Crippen LogP contribution in [0.1, 0.15) is 49.7 Å². The van der Waals surface area contributed by atoms with Crippen molar-refractivity contribution in [2.45, 2.75) is 48.5 Å². The molecule has 0 heterocycles. The van der Waals surface area contributed by atoms with E-state index in [0.29, 0.717) is 10.3 Å². The highest BCUT2D eigenvalue weighted by Gasteiger charge is 2.31. The minimum Gasteiger partial charge on any atom is -0.480 e. The maximum atomic E-state index is 12.7. The van der Waals surface area contributed by atoms with Crippen molar-refractivity contribution in [2.24, 2.45) is 0 Å². The number of nitrogens with zero attached hydrogens (tertiary/aromatic N) is 1. The summed E-state index contributed by atoms with van der Waals surface area (Å²) < 4.78 is 6.13. The smallest absolute Gasteiger partial charge is 0.410 e. The van der Waals surface area contributed by atoms with Gasteiger partial charge in [-0.2, -0.15) is 0 Å². The number of carbonyl (C=O) groups excluding carboxylic acids is 1. The zero-order valence-corrected chi connectivity index (χ0v) is 19.5. The molecule has 0 fully saturated rings. The highest BCUT2D eigenvalue weighted by atomic mass is 127. The van der Waals surface area contributed by atoms with Crippen LogP contribution in [-0.4, -0.2) is 45.7 Å². The van der Waals surface area contributed by atoms with Gasteiger partial charge in [0.05, 0.1) is 0 Å². The maximum Gasteiger partial charge on any atom is 0.410 e. The van der Waals surface area contributed by atoms with E-state index < -0.39 is 18.1 Å². The number of amides is 1. The molecule has 5 nitrogen and oxygen atoms in total. The summed E-state index contributed by atoms with van der Waals surface area (Å²) in [6.45, 7) is 2.31. The fourth-order valence-corrected chi connectivity index (χ4v) is 4.48. The van der Waals surface area contributed by atoms with Crippen molar-refractivity contribution in [3.8, 4) is 11.1 Å². The third kappa shape index (κ3) is 4.96. The Morgan fingerprint density at radius 1 is 1.07 bits per heavy atom. The Balaban J connectivity index is 1.65. The van der Waals surface area contributed by atoms with Crippen LogP contribution >= 0.6 is 22.6 Å². The van der Waals surface area contributed by atoms with Crippen molar-refractivity contribution in [3.63, 3.8) is 0 Å². The Morgan fingerprint density at radius 2 is 1.63 bits per heavy atom. The molecular weight excluding hydrogens is 493 g/mol. The Kier molecular flexibility index (Phi) is 7.75. The number of benzene rings is 2. The van der Waals surface area contributed by atoms with Gasteiger partial charge in [-0.3, -0.25) is 4.90 Å². The molecule has 1 aliphatic rings. The summed E-state index contributed by atoms with van der Waals surface area (Å²) in [6.07, 6.45) is 2.60. The number of halogens is 1. The zero-order valence-electron chi connectivity index (χ0n) is 17.4. The van der Waals surface area contributed by atoms with Crippen molar-refractivity contribution < 1.29 is 19.4 Å². The molecule has 0 radical (unpaired) electrons. The first-order chi connectivity index (χ1) is 14.4. The van der Waals surface area contributed by atoms with Crippen LogP contribution in [0, 0.1) is 0 Å². The van der Waals surface area contributed by atoms with E-state index in [9.17, 15) is 14.7 Å². The van der Waals surface area contributed by atoms with E-state index in [0.717, 1.165) is 41.5 Å². The minimum absolute atomic E-state index is 0.0395. The van der Waals surface area contributed by atoms with Crippen molar-refractivity contribution in [2.75, 3.05) is 13.7 Å². The lowest BCUT2D eigenvalue weighted by Crippen LogP contribution is -2.43. The number of hydrogen-bond donors (Lipinski definition) is 1. The summed E-state index contributed by atoms with van der Waals surface area (Å²) in [7, 11) is 1.51. The van der Waals surface area contributed by atoms with E-state index >= 15 is 0 Å². The molecule has 0 aromatic heterocycles. The van der Waals surface area contributed by atoms with E-state index in [2.05, 4.69) is 53.8 Å². The topological polar surface area (TPSA) is 66.8 Å². The monoisotopic (exact) mass is 521 g/mol. The number of ether oxygens (including phenoxy) is 1. The molecular formula is C24H28INO4. The number of carboxylic acids is 1. The SMILES string of the molecule is CCC(I)CCCC(C(=O)O)N(C)C(=O)OCC1c2ccccc2-c2ccccc21. The van der Waals surface area contributed by atoms with Gasteiger partial charge in [-0.25, -0.2) is 9.59 Å². The van der Waals surface area contributed by atoms with Crippen LogP contribution in [0.3, 0.4) is 0 Å². The first kappa shape index (κ1) is 22.6. The largest absolute Gasteiger partial charge is 0.480 e. The van der Waals surface area contributed by atoms with E-state index in [4.69, 9.17) is 4.74 Å². The van der Waals surface area contributed by atoms with Crippen LogP contribution in [-0.2, 0) is 9.53 Å². The van der Waals surface area contributed by atoms with Crippen molar-refractivity contribution in [1.82, 2.24) is 4.90 Å². The lowest BCUT2D eigenvalue weighted by molar-refractivity contribution is -0.142. The van der Waals surface area contributed by atoms with Crippen LogP contribution in [0.15, 0.2) is 48.5 Å². The molecule has 2 atom stereocenters. The summed E-state index contributed by atoms with van der Waals surface area (Å²) in [5.41, 5.74) is 4.60. The maximum absolute atomic E-state index is 12.7. The molecule has 2 aromatic rings. The molecule has 0 spiro atoms. The van der Waals surface area contributed by atoms with Gasteiger partial charge >= 0.3 is 12.1 Å². The second-order valence-corrected chi connectivity index (χ2v) is 9.47. The Labute approximate surface area is 191 Å². The van der Waals surface area contributed by atoms with Crippen LogP contribution in [0.5, 0.6) is 0 Å². The number of rotatable bonds is 9. The lowest BCUT2D eigenvalue weighted by atomic mass is 9.98. The van der Waals surface area contributed by atoms with E-state index in [1.807, 2.05) is 24.3 Å². The number of carboxylic acid groups (broad SMARTS) is 1. The summed E-state index contributed by atoms with van der Waals surface area (Å²) >= 11 is 2.38. The third-order valence-corrected chi connectivity index (χ3v) is 7.32. The highest BCUT2D eigenvalue weighted by Crippen LogP contribution is 2.44. The van der Waals surface area contributed by atoms with Crippen molar-refractivity contribution >= 4 is 34.7 Å². The number of hydrogen-bond acceptors (Lipinski definition) is 3. The third-order valence-electron chi connectivity index (χ3n) is 5.81. The standard InChI is InChI=1S/C24H28INO4/c1-3-16(25)9-8-14-22(23(27)28)26(2)24(29)30-15-21-19-12-6-4-10-17(19)18-11-5-7-13-20(18)21/h4-7,10-13,16,21-22H,3,8-9,14-15H2,1-2H3,(H,27,28). The fraction of sp³-hybridized carbons (Fsp3) is 0.417. The molecule has 160 valence electrons. The molecule has 2 aromatic carbocycles. The van der Waals surface area contributed by atoms with E-state index in [1.54, 1.807) is 0 Å². The molecule has 6 heteroatoms. The number of fused-ring (bicyclic) bond motifs is 3. The van der Waals surface area contributed by atoms with Gasteiger partial charge in [-0.05, 0) is 47.9 Å². The molecule has 0 bridgehead atoms. The quantitative estimate of drug-likeness (QED) is 0.340. The highest BCUT2D eigenvalue weighted by molar-refractivity contribution is 14.1. The zero-order chi connectivity index (χ0) is 21.7. The van der Waals surface area contributed by atoms with Gasteiger partial charge < -0.3 is 9.84 Å². The van der Waals surface area contributed by atoms with Crippen molar-refractivity contribution in [1.29, 1.82) is 0 Å². The molecule has 3 rings (SSSR count). The van der Waals surface area contributed by atoms with Gasteiger partial charge in [0.2, 0.25) is 0 Å². The second-order valence-electron chi connectivity index (χ2n) is 7.71. The molecule has 2 unspecified atom stereocenters. The first-order valence-corrected chi connectivity index (χ1v) is 11.6. The summed E-state index contributed by atoms with van der Waals surface area (Å²) in [4.78, 5) is 25.6. The number of carbonyl (C=O) groups is 2. The lowest BCUT2D eigenvalue weighted by Gasteiger charge is -2.25. The number of alkyl halides is 1. The van der Waals surface area contributed by atoms with Crippen LogP contribution in [0.4, 0.5) is 4.79 Å². The van der Waals surface area contributed by atoms with Crippen molar-refractivity contribution in [3.05, 3.63) is 59.7 Å². The van der Waals surface area contributed by atoms with Crippen LogP contribution < -0.4 is 0 Å². The molecule has 1 aliphatic carbocycles. The average molecular weight is 521 g/mol. The Morgan fingerprint density at radius 3 is 2.17 bits per heavy atom.